The lowest BCUT2D eigenvalue weighted by Gasteiger charge is -2.28. The van der Waals surface area contributed by atoms with Crippen molar-refractivity contribution < 1.29 is 48.9 Å². The summed E-state index contributed by atoms with van der Waals surface area (Å²) in [7, 11) is 0. The quantitative estimate of drug-likeness (QED) is 0.0423. The third-order valence-corrected chi connectivity index (χ3v) is 6.16. The summed E-state index contributed by atoms with van der Waals surface area (Å²) in [5, 5.41) is 37.3. The molecule has 0 aromatic carbocycles. The number of carbonyl (C=O) groups excluding carboxylic acids is 5. The Labute approximate surface area is 240 Å². The number of likely N-dealkylation sites (tertiary alicyclic amines) is 1. The van der Waals surface area contributed by atoms with E-state index in [2.05, 4.69) is 26.3 Å². The lowest BCUT2D eigenvalue weighted by atomic mass is 10.1. The summed E-state index contributed by atoms with van der Waals surface area (Å²) < 4.78 is 0. The number of nitrogens with one attached hydrogen (secondary N) is 4. The lowest BCUT2D eigenvalue weighted by Crippen LogP contribution is -2.59. The molecule has 0 bridgehead atoms. The van der Waals surface area contributed by atoms with Gasteiger partial charge in [0.25, 0.3) is 0 Å². The summed E-state index contributed by atoms with van der Waals surface area (Å²) in [5.41, 5.74) is 15.8. The van der Waals surface area contributed by atoms with Gasteiger partial charge in [-0.2, -0.15) is 0 Å². The fourth-order valence-electron chi connectivity index (χ4n) is 4.03. The van der Waals surface area contributed by atoms with E-state index in [9.17, 15) is 48.9 Å². The van der Waals surface area contributed by atoms with Crippen LogP contribution < -0.4 is 38.5 Å². The normalized spacial score (nSPS) is 17.1. The summed E-state index contributed by atoms with van der Waals surface area (Å²) in [6, 6.07) is -6.94. The van der Waals surface area contributed by atoms with E-state index in [1.54, 1.807) is 0 Å². The van der Waals surface area contributed by atoms with Gasteiger partial charge in [0.2, 0.25) is 29.5 Å². The first-order chi connectivity index (χ1) is 19.7. The predicted molar refractivity (Wildman–Crippen MR) is 144 cm³/mol. The molecule has 0 spiro atoms. The number of nitrogens with zero attached hydrogens (tertiary/aromatic N) is 2. The highest BCUT2D eigenvalue weighted by atomic mass is 16.4. The van der Waals surface area contributed by atoms with Crippen LogP contribution in [0.2, 0.25) is 0 Å². The molecule has 1 heterocycles. The van der Waals surface area contributed by atoms with Gasteiger partial charge >= 0.3 is 11.9 Å². The minimum Gasteiger partial charge on any atom is -0.481 e. The molecule has 0 aromatic rings. The fraction of sp³-hybridized carbons (Fsp3) is 0.652. The van der Waals surface area contributed by atoms with Crippen LogP contribution in [0, 0.1) is 0 Å². The molecule has 19 heteroatoms. The van der Waals surface area contributed by atoms with Crippen molar-refractivity contribution in [2.75, 3.05) is 26.2 Å². The van der Waals surface area contributed by atoms with E-state index in [1.807, 2.05) is 0 Å². The van der Waals surface area contributed by atoms with Gasteiger partial charge in [-0.3, -0.25) is 33.8 Å². The van der Waals surface area contributed by atoms with Crippen LogP contribution in [0.1, 0.15) is 39.0 Å². The molecular formula is C23H39N9O10. The van der Waals surface area contributed by atoms with Crippen LogP contribution in [0.5, 0.6) is 0 Å². The molecular weight excluding hydrogens is 562 g/mol. The smallest absolute Gasteiger partial charge is 0.326 e. The largest absolute Gasteiger partial charge is 0.481 e. The highest BCUT2D eigenvalue weighted by molar-refractivity contribution is 5.97. The van der Waals surface area contributed by atoms with Crippen molar-refractivity contribution in [1.82, 2.24) is 26.2 Å². The van der Waals surface area contributed by atoms with Crippen LogP contribution >= 0.6 is 0 Å². The number of rotatable bonds is 17. The molecule has 1 rings (SSSR count). The maximum Gasteiger partial charge on any atom is 0.326 e. The molecule has 1 aliphatic rings. The second-order valence-electron chi connectivity index (χ2n) is 9.43. The van der Waals surface area contributed by atoms with E-state index in [-0.39, 0.29) is 38.3 Å². The summed E-state index contributed by atoms with van der Waals surface area (Å²) in [4.78, 5) is 90.5. The highest BCUT2D eigenvalue weighted by Gasteiger charge is 2.38. The average molecular weight is 602 g/mol. The number of nitrogens with two attached hydrogens (primary N) is 3. The molecule has 5 amide bonds. The molecule has 1 fully saturated rings. The molecule has 0 saturated carbocycles. The molecule has 236 valence electrons. The van der Waals surface area contributed by atoms with Crippen LogP contribution in [0.15, 0.2) is 4.99 Å². The van der Waals surface area contributed by atoms with E-state index in [0.29, 0.717) is 6.42 Å². The topological polar surface area (TPSA) is 322 Å². The maximum absolute atomic E-state index is 12.9. The number of aliphatic carboxylic acids is 2. The third kappa shape index (κ3) is 11.5. The summed E-state index contributed by atoms with van der Waals surface area (Å²) in [6.07, 6.45) is -0.00260. The fourth-order valence-corrected chi connectivity index (χ4v) is 4.03. The Morgan fingerprint density at radius 2 is 1.55 bits per heavy atom. The van der Waals surface area contributed by atoms with Crippen molar-refractivity contribution in [3.05, 3.63) is 0 Å². The van der Waals surface area contributed by atoms with E-state index < -0.39 is 91.3 Å². The molecule has 0 unspecified atom stereocenters. The number of aliphatic imine (C=N–C) groups is 1. The number of carboxylic acid groups (broad SMARTS) is 2. The second kappa shape index (κ2) is 17.3. The minimum atomic E-state index is -1.74. The summed E-state index contributed by atoms with van der Waals surface area (Å²) >= 11 is 0. The first-order valence-electron chi connectivity index (χ1n) is 13.0. The molecule has 1 aliphatic heterocycles. The van der Waals surface area contributed by atoms with Gasteiger partial charge in [-0.15, -0.1) is 0 Å². The van der Waals surface area contributed by atoms with Gasteiger partial charge < -0.3 is 58.7 Å². The van der Waals surface area contributed by atoms with Gasteiger partial charge in [0, 0.05) is 13.1 Å². The zero-order valence-electron chi connectivity index (χ0n) is 23.1. The van der Waals surface area contributed by atoms with Crippen molar-refractivity contribution >= 4 is 47.4 Å². The lowest BCUT2D eigenvalue weighted by molar-refractivity contribution is -0.150. The van der Waals surface area contributed by atoms with Crippen LogP contribution in [-0.4, -0.2) is 124 Å². The number of hydrogen-bond acceptors (Lipinski definition) is 10. The molecule has 0 aliphatic carbocycles. The molecule has 13 N–H and O–H groups in total. The maximum atomic E-state index is 12.9. The first kappa shape index (κ1) is 35.5. The molecule has 42 heavy (non-hydrogen) atoms. The molecule has 1 saturated heterocycles. The Kier molecular flexibility index (Phi) is 14.6. The van der Waals surface area contributed by atoms with E-state index in [4.69, 9.17) is 17.2 Å². The van der Waals surface area contributed by atoms with Gasteiger partial charge in [0.1, 0.15) is 30.2 Å². The van der Waals surface area contributed by atoms with Crippen LogP contribution in [0.4, 0.5) is 0 Å². The number of hydrogen-bond donors (Lipinski definition) is 10. The summed E-state index contributed by atoms with van der Waals surface area (Å²) in [6.45, 7) is 0.135. The van der Waals surface area contributed by atoms with Crippen molar-refractivity contribution in [1.29, 1.82) is 0 Å². The van der Waals surface area contributed by atoms with E-state index in [0.717, 1.165) is 4.90 Å². The number of carboxylic acids is 2. The van der Waals surface area contributed by atoms with Crippen LogP contribution in [0.25, 0.3) is 0 Å². The van der Waals surface area contributed by atoms with Gasteiger partial charge in [-0.05, 0) is 32.6 Å². The zero-order chi connectivity index (χ0) is 32.0. The molecule has 0 aromatic heterocycles. The molecule has 5 atom stereocenters. The Hall–Kier alpha value is -4.52. The average Bonchev–Trinajstić information content (AvgIpc) is 3.42. The van der Waals surface area contributed by atoms with Crippen molar-refractivity contribution in [3.63, 3.8) is 0 Å². The van der Waals surface area contributed by atoms with Gasteiger partial charge in [0.15, 0.2) is 5.96 Å². The number of guanidine groups is 1. The highest BCUT2D eigenvalue weighted by Crippen LogP contribution is 2.18. The first-order valence-corrected chi connectivity index (χ1v) is 13.0. The monoisotopic (exact) mass is 601 g/mol. The van der Waals surface area contributed by atoms with Gasteiger partial charge in [-0.1, -0.05) is 0 Å². The van der Waals surface area contributed by atoms with Crippen LogP contribution in [0.3, 0.4) is 0 Å². The van der Waals surface area contributed by atoms with Gasteiger partial charge in [-0.25, -0.2) is 4.79 Å². The molecule has 0 radical (unpaired) electrons. The predicted octanol–water partition coefficient (Wildman–Crippen LogP) is -5.50. The molecule has 19 nitrogen and oxygen atoms in total. The zero-order valence-corrected chi connectivity index (χ0v) is 23.1. The Morgan fingerprint density at radius 1 is 0.929 bits per heavy atom. The number of aliphatic hydroxyl groups is 1. The standard InChI is InChI=1S/C23H39N9O10/c1-11(28-19(38)12(29-16(34)9-24)4-2-6-27-23(25)26)18(37)30-13(8-17(35)36)20(39)31-14(10-33)21(40)32-7-3-5-15(32)22(41)42/h11-15,33H,2-10,24H2,1H3,(H,28,38)(H,29,34)(H,30,37)(H,31,39)(H,35,36)(H,41,42)(H4,25,26,27)/t11-,12-,13+,14-,15-/m0/s1. The van der Waals surface area contributed by atoms with E-state index >= 15 is 0 Å². The SMILES string of the molecule is C[C@H](NC(=O)[C@H](CCCN=C(N)N)NC(=O)CN)C(=O)N[C@H](CC(=O)O)C(=O)N[C@@H](CO)C(=O)N1CCC[C@H]1C(=O)O. The van der Waals surface area contributed by atoms with E-state index in [1.165, 1.54) is 6.92 Å². The Bertz CT molecular complexity index is 1050. The second-order valence-corrected chi connectivity index (χ2v) is 9.43. The Morgan fingerprint density at radius 3 is 2.10 bits per heavy atom. The van der Waals surface area contributed by atoms with Crippen molar-refractivity contribution in [3.8, 4) is 0 Å². The van der Waals surface area contributed by atoms with Gasteiger partial charge in [0.05, 0.1) is 19.6 Å². The number of carbonyl (C=O) groups is 7. The summed E-state index contributed by atoms with van der Waals surface area (Å²) in [5.74, 6) is -7.35. The number of amides is 5. The minimum absolute atomic E-state index is 0.0725. The third-order valence-electron chi connectivity index (χ3n) is 6.16. The Balaban J connectivity index is 2.91. The number of aliphatic hydroxyl groups excluding tert-OH is 1. The van der Waals surface area contributed by atoms with Crippen molar-refractivity contribution in [2.24, 2.45) is 22.2 Å². The van der Waals surface area contributed by atoms with Crippen molar-refractivity contribution in [2.45, 2.75) is 69.2 Å². The van der Waals surface area contributed by atoms with Crippen LogP contribution in [-0.2, 0) is 33.6 Å².